The van der Waals surface area contributed by atoms with Gasteiger partial charge in [-0.05, 0) is 6.42 Å². The molecule has 82 valence electrons. The average molecular weight is 201 g/mol. The molecule has 0 rings (SSSR count). The van der Waals surface area contributed by atoms with Gasteiger partial charge in [0, 0.05) is 6.54 Å². The maximum Gasteiger partial charge on any atom is 0.239 e. The van der Waals surface area contributed by atoms with E-state index in [0.29, 0.717) is 6.54 Å². The molecule has 0 radical (unpaired) electrons. The smallest absolute Gasteiger partial charge is 0.239 e. The Kier molecular flexibility index (Phi) is 7.83. The summed E-state index contributed by atoms with van der Waals surface area (Å²) in [6.45, 7) is 2.71. The molecule has 0 heterocycles. The summed E-state index contributed by atoms with van der Waals surface area (Å²) in [7, 11) is 0. The first-order chi connectivity index (χ1) is 6.70. The number of unbranched alkanes of at least 4 members (excludes halogenated alkanes) is 2. The van der Waals surface area contributed by atoms with Crippen molar-refractivity contribution in [3.8, 4) is 0 Å². The summed E-state index contributed by atoms with van der Waals surface area (Å²) in [4.78, 5) is 21.7. The number of carbonyl (C=O) groups excluding carboxylic acids is 2. The molecule has 5 heteroatoms. The molecule has 0 saturated heterocycles. The van der Waals surface area contributed by atoms with Crippen molar-refractivity contribution in [3.05, 3.63) is 0 Å². The summed E-state index contributed by atoms with van der Waals surface area (Å²) < 4.78 is 0. The zero-order valence-electron chi connectivity index (χ0n) is 8.64. The highest BCUT2D eigenvalue weighted by Gasteiger charge is 2.02. The molecule has 0 aromatic rings. The fraction of sp³-hybridized carbons (Fsp3) is 0.778. The molecule has 4 N–H and O–H groups in total. The zero-order valence-corrected chi connectivity index (χ0v) is 8.64. The number of hydrogen-bond acceptors (Lipinski definition) is 3. The quantitative estimate of drug-likeness (QED) is 0.479. The van der Waals surface area contributed by atoms with Crippen molar-refractivity contribution in [1.29, 1.82) is 0 Å². The number of carbonyl (C=O) groups is 2. The van der Waals surface area contributed by atoms with Gasteiger partial charge in [0.25, 0.3) is 0 Å². The van der Waals surface area contributed by atoms with E-state index in [4.69, 9.17) is 5.73 Å². The van der Waals surface area contributed by atoms with Gasteiger partial charge in [0.15, 0.2) is 0 Å². The number of nitrogens with two attached hydrogens (primary N) is 1. The van der Waals surface area contributed by atoms with Gasteiger partial charge in [0.2, 0.25) is 11.8 Å². The van der Waals surface area contributed by atoms with Gasteiger partial charge in [-0.15, -0.1) is 0 Å². The van der Waals surface area contributed by atoms with Crippen molar-refractivity contribution >= 4 is 11.8 Å². The van der Waals surface area contributed by atoms with E-state index in [1.54, 1.807) is 0 Å². The molecule has 0 saturated carbocycles. The van der Waals surface area contributed by atoms with Crippen LogP contribution in [0.1, 0.15) is 26.2 Å². The average Bonchev–Trinajstić information content (AvgIpc) is 2.21. The molecule has 0 aliphatic carbocycles. The first-order valence-corrected chi connectivity index (χ1v) is 4.94. The molecule has 0 spiro atoms. The fourth-order valence-electron chi connectivity index (χ4n) is 0.916. The Balaban J connectivity index is 3.32. The number of amides is 2. The topological polar surface area (TPSA) is 84.2 Å². The van der Waals surface area contributed by atoms with Crippen molar-refractivity contribution in [2.24, 2.45) is 5.73 Å². The molecule has 14 heavy (non-hydrogen) atoms. The van der Waals surface area contributed by atoms with Crippen LogP contribution in [0.2, 0.25) is 0 Å². The van der Waals surface area contributed by atoms with Crippen LogP contribution in [-0.2, 0) is 9.59 Å². The lowest BCUT2D eigenvalue weighted by molar-refractivity contribution is -0.125. The van der Waals surface area contributed by atoms with Gasteiger partial charge in [-0.3, -0.25) is 9.59 Å². The van der Waals surface area contributed by atoms with Crippen LogP contribution < -0.4 is 16.4 Å². The molecule has 2 amide bonds. The van der Waals surface area contributed by atoms with E-state index in [-0.39, 0.29) is 24.9 Å². The van der Waals surface area contributed by atoms with E-state index in [0.717, 1.165) is 19.3 Å². The molecule has 0 atom stereocenters. The maximum absolute atomic E-state index is 11.1. The highest BCUT2D eigenvalue weighted by Crippen LogP contribution is 1.90. The van der Waals surface area contributed by atoms with Crippen molar-refractivity contribution in [3.63, 3.8) is 0 Å². The first-order valence-electron chi connectivity index (χ1n) is 4.94. The van der Waals surface area contributed by atoms with E-state index >= 15 is 0 Å². The third-order valence-corrected chi connectivity index (χ3v) is 1.73. The van der Waals surface area contributed by atoms with Crippen LogP contribution in [0.5, 0.6) is 0 Å². The lowest BCUT2D eigenvalue weighted by Gasteiger charge is -2.05. The van der Waals surface area contributed by atoms with E-state index < -0.39 is 0 Å². The number of hydrogen-bond donors (Lipinski definition) is 3. The fourth-order valence-corrected chi connectivity index (χ4v) is 0.916. The van der Waals surface area contributed by atoms with E-state index in [1.165, 1.54) is 0 Å². The molecule has 0 aromatic heterocycles. The predicted octanol–water partition coefficient (Wildman–Crippen LogP) is -0.632. The summed E-state index contributed by atoms with van der Waals surface area (Å²) in [6, 6.07) is 0. The highest BCUT2D eigenvalue weighted by molar-refractivity contribution is 5.85. The van der Waals surface area contributed by atoms with E-state index in [2.05, 4.69) is 17.6 Å². The Labute approximate surface area is 84.4 Å². The maximum atomic E-state index is 11.1. The van der Waals surface area contributed by atoms with Crippen molar-refractivity contribution < 1.29 is 9.59 Å². The van der Waals surface area contributed by atoms with Gasteiger partial charge in [0.05, 0.1) is 13.1 Å². The first kappa shape index (κ1) is 12.9. The Bertz CT molecular complexity index is 183. The minimum Gasteiger partial charge on any atom is -0.355 e. The van der Waals surface area contributed by atoms with Crippen LogP contribution in [0.15, 0.2) is 0 Å². The zero-order chi connectivity index (χ0) is 10.8. The molecule has 0 aliphatic rings. The van der Waals surface area contributed by atoms with Crippen LogP contribution in [0.25, 0.3) is 0 Å². The largest absolute Gasteiger partial charge is 0.355 e. The lowest BCUT2D eigenvalue weighted by atomic mass is 10.2. The Morgan fingerprint density at radius 3 is 2.43 bits per heavy atom. The SMILES string of the molecule is CCCCCNC(=O)CNC(=O)CN. The molecule has 0 bridgehead atoms. The number of nitrogens with one attached hydrogen (secondary N) is 2. The molecular weight excluding hydrogens is 182 g/mol. The van der Waals surface area contributed by atoms with Crippen LogP contribution in [0.3, 0.4) is 0 Å². The standard InChI is InChI=1S/C9H19N3O2/c1-2-3-4-5-11-9(14)7-12-8(13)6-10/h2-7,10H2,1H3,(H,11,14)(H,12,13). The highest BCUT2D eigenvalue weighted by atomic mass is 16.2. The summed E-state index contributed by atoms with van der Waals surface area (Å²) in [5.74, 6) is -0.475. The van der Waals surface area contributed by atoms with E-state index in [1.807, 2.05) is 0 Å². The van der Waals surface area contributed by atoms with Crippen LogP contribution in [-0.4, -0.2) is 31.4 Å². The molecular formula is C9H19N3O2. The van der Waals surface area contributed by atoms with Gasteiger partial charge in [-0.1, -0.05) is 19.8 Å². The Hall–Kier alpha value is -1.10. The second kappa shape index (κ2) is 8.50. The minimum atomic E-state index is -0.311. The van der Waals surface area contributed by atoms with Crippen molar-refractivity contribution in [2.45, 2.75) is 26.2 Å². The van der Waals surface area contributed by atoms with E-state index in [9.17, 15) is 9.59 Å². The Morgan fingerprint density at radius 1 is 1.14 bits per heavy atom. The van der Waals surface area contributed by atoms with Gasteiger partial charge >= 0.3 is 0 Å². The normalized spacial score (nSPS) is 9.57. The molecule has 0 fully saturated rings. The Morgan fingerprint density at radius 2 is 1.86 bits per heavy atom. The van der Waals surface area contributed by atoms with Gasteiger partial charge in [-0.25, -0.2) is 0 Å². The predicted molar refractivity (Wildman–Crippen MR) is 54.6 cm³/mol. The second-order valence-corrected chi connectivity index (χ2v) is 3.04. The monoisotopic (exact) mass is 201 g/mol. The van der Waals surface area contributed by atoms with Crippen LogP contribution in [0.4, 0.5) is 0 Å². The molecule has 0 aliphatic heterocycles. The molecule has 0 unspecified atom stereocenters. The minimum absolute atomic E-state index is 0.0160. The third kappa shape index (κ3) is 7.54. The third-order valence-electron chi connectivity index (χ3n) is 1.73. The van der Waals surface area contributed by atoms with Gasteiger partial charge < -0.3 is 16.4 Å². The second-order valence-electron chi connectivity index (χ2n) is 3.04. The molecule has 5 nitrogen and oxygen atoms in total. The van der Waals surface area contributed by atoms with Crippen molar-refractivity contribution in [2.75, 3.05) is 19.6 Å². The number of rotatable bonds is 7. The van der Waals surface area contributed by atoms with Crippen molar-refractivity contribution in [1.82, 2.24) is 10.6 Å². The summed E-state index contributed by atoms with van der Waals surface area (Å²) >= 11 is 0. The summed E-state index contributed by atoms with van der Waals surface area (Å²) in [5.41, 5.74) is 5.05. The van der Waals surface area contributed by atoms with Crippen LogP contribution in [0, 0.1) is 0 Å². The molecule has 0 aromatic carbocycles. The van der Waals surface area contributed by atoms with Gasteiger partial charge in [0.1, 0.15) is 0 Å². The summed E-state index contributed by atoms with van der Waals surface area (Å²) in [5, 5.41) is 5.10. The van der Waals surface area contributed by atoms with Crippen LogP contribution >= 0.6 is 0 Å². The van der Waals surface area contributed by atoms with Gasteiger partial charge in [-0.2, -0.15) is 0 Å². The summed E-state index contributed by atoms with van der Waals surface area (Å²) in [6.07, 6.45) is 3.21. The lowest BCUT2D eigenvalue weighted by Crippen LogP contribution is -2.39.